The molecule has 1 saturated heterocycles. The van der Waals surface area contributed by atoms with Gasteiger partial charge in [-0.15, -0.1) is 0 Å². The summed E-state index contributed by atoms with van der Waals surface area (Å²) in [6.07, 6.45) is 2.01. The summed E-state index contributed by atoms with van der Waals surface area (Å²) in [6, 6.07) is 7.75. The largest absolute Gasteiger partial charge is 0.468 e. The van der Waals surface area contributed by atoms with Crippen LogP contribution in [0.5, 0.6) is 0 Å². The maximum atomic E-state index is 13.2. The van der Waals surface area contributed by atoms with Crippen molar-refractivity contribution in [3.05, 3.63) is 70.5 Å². The summed E-state index contributed by atoms with van der Waals surface area (Å²) in [5.74, 6) is 1.33. The molecule has 2 atom stereocenters. The van der Waals surface area contributed by atoms with Gasteiger partial charge in [0.1, 0.15) is 11.6 Å². The fourth-order valence-electron chi connectivity index (χ4n) is 3.22. The van der Waals surface area contributed by atoms with Crippen molar-refractivity contribution in [3.8, 4) is 0 Å². The molecule has 6 nitrogen and oxygen atoms in total. The van der Waals surface area contributed by atoms with Gasteiger partial charge in [-0.05, 0) is 36.2 Å². The Morgan fingerprint density at radius 2 is 2.23 bits per heavy atom. The molecule has 1 N–H and O–H groups in total. The SMILES string of the molecule is O[C@@H]1C[C@@H](c2nc(Cc3ccc(F)cc3Cl)no2)N(Cc2ccco2)C1. The summed E-state index contributed by atoms with van der Waals surface area (Å²) in [4.78, 5) is 6.50. The smallest absolute Gasteiger partial charge is 0.244 e. The number of aliphatic hydroxyl groups excluding tert-OH is 1. The van der Waals surface area contributed by atoms with Crippen molar-refractivity contribution in [2.45, 2.75) is 31.5 Å². The zero-order valence-electron chi connectivity index (χ0n) is 13.8. The van der Waals surface area contributed by atoms with E-state index < -0.39 is 6.10 Å². The number of hydrogen-bond acceptors (Lipinski definition) is 6. The number of β-amino-alcohol motifs (C(OH)–C–C–N with tert-alkyl or cyclic N) is 1. The summed E-state index contributed by atoms with van der Waals surface area (Å²) >= 11 is 6.06. The standard InChI is InChI=1S/C18H17ClFN3O3/c19-15-7-12(20)4-3-11(15)6-17-21-18(26-22-17)16-8-13(24)9-23(16)10-14-2-1-5-25-14/h1-5,7,13,16,24H,6,8-10H2/t13-,16+/m1/s1. The van der Waals surface area contributed by atoms with Gasteiger partial charge in [-0.25, -0.2) is 4.39 Å². The zero-order valence-corrected chi connectivity index (χ0v) is 14.6. The monoisotopic (exact) mass is 377 g/mol. The predicted octanol–water partition coefficient (Wildman–Crippen LogP) is 3.35. The Labute approximate surface area is 154 Å². The third-order valence-electron chi connectivity index (χ3n) is 4.45. The molecule has 1 aliphatic heterocycles. The molecule has 136 valence electrons. The van der Waals surface area contributed by atoms with Crippen LogP contribution >= 0.6 is 11.6 Å². The summed E-state index contributed by atoms with van der Waals surface area (Å²) in [5, 5.41) is 14.4. The Morgan fingerprint density at radius 3 is 3.00 bits per heavy atom. The first-order chi connectivity index (χ1) is 12.6. The van der Waals surface area contributed by atoms with Crippen molar-refractivity contribution in [2.24, 2.45) is 0 Å². The van der Waals surface area contributed by atoms with Crippen LogP contribution in [0.2, 0.25) is 5.02 Å². The Hall–Kier alpha value is -2.22. The van der Waals surface area contributed by atoms with Crippen LogP contribution in [-0.4, -0.2) is 32.8 Å². The number of aliphatic hydroxyl groups is 1. The number of benzene rings is 1. The summed E-state index contributed by atoms with van der Waals surface area (Å²) in [6.45, 7) is 1.06. The molecule has 3 aromatic rings. The number of hydrogen-bond donors (Lipinski definition) is 1. The molecule has 26 heavy (non-hydrogen) atoms. The fraction of sp³-hybridized carbons (Fsp3) is 0.333. The van der Waals surface area contributed by atoms with Crippen LogP contribution in [0.25, 0.3) is 0 Å². The fourth-order valence-corrected chi connectivity index (χ4v) is 3.46. The van der Waals surface area contributed by atoms with E-state index in [9.17, 15) is 9.50 Å². The van der Waals surface area contributed by atoms with E-state index in [0.717, 1.165) is 11.3 Å². The van der Waals surface area contributed by atoms with E-state index in [1.54, 1.807) is 12.3 Å². The van der Waals surface area contributed by atoms with Crippen LogP contribution in [0.3, 0.4) is 0 Å². The average molecular weight is 378 g/mol. The highest BCUT2D eigenvalue weighted by Crippen LogP contribution is 2.33. The number of furan rings is 1. The second-order valence-electron chi connectivity index (χ2n) is 6.38. The molecule has 1 fully saturated rings. The molecule has 1 aromatic carbocycles. The van der Waals surface area contributed by atoms with Crippen molar-refractivity contribution in [1.29, 1.82) is 0 Å². The van der Waals surface area contributed by atoms with Gasteiger partial charge in [-0.3, -0.25) is 4.90 Å². The predicted molar refractivity (Wildman–Crippen MR) is 91.0 cm³/mol. The highest BCUT2D eigenvalue weighted by atomic mass is 35.5. The molecule has 3 heterocycles. The second kappa shape index (κ2) is 7.19. The van der Waals surface area contributed by atoms with Gasteiger partial charge in [0.15, 0.2) is 5.82 Å². The molecule has 0 radical (unpaired) electrons. The van der Waals surface area contributed by atoms with E-state index >= 15 is 0 Å². The summed E-state index contributed by atoms with van der Waals surface area (Å²) in [5.41, 5.74) is 0.722. The molecular weight excluding hydrogens is 361 g/mol. The molecular formula is C18H17ClFN3O3. The molecule has 0 unspecified atom stereocenters. The number of halogens is 2. The lowest BCUT2D eigenvalue weighted by atomic mass is 10.1. The van der Waals surface area contributed by atoms with Gasteiger partial charge < -0.3 is 14.0 Å². The van der Waals surface area contributed by atoms with Crippen molar-refractivity contribution >= 4 is 11.6 Å². The molecule has 8 heteroatoms. The van der Waals surface area contributed by atoms with Crippen molar-refractivity contribution in [2.75, 3.05) is 6.54 Å². The van der Waals surface area contributed by atoms with Gasteiger partial charge in [0.2, 0.25) is 5.89 Å². The van der Waals surface area contributed by atoms with Crippen molar-refractivity contribution < 1.29 is 18.4 Å². The molecule has 0 saturated carbocycles. The van der Waals surface area contributed by atoms with Crippen LogP contribution in [0, 0.1) is 5.82 Å². The first-order valence-corrected chi connectivity index (χ1v) is 8.67. The van der Waals surface area contributed by atoms with Gasteiger partial charge in [-0.2, -0.15) is 4.98 Å². The minimum absolute atomic E-state index is 0.181. The molecule has 0 spiro atoms. The van der Waals surface area contributed by atoms with Gasteiger partial charge in [0.25, 0.3) is 0 Å². The number of aromatic nitrogens is 2. The molecule has 2 aromatic heterocycles. The summed E-state index contributed by atoms with van der Waals surface area (Å²) < 4.78 is 24.0. The third-order valence-corrected chi connectivity index (χ3v) is 4.80. The average Bonchev–Trinajstić information content (AvgIpc) is 3.32. The number of likely N-dealkylation sites (tertiary alicyclic amines) is 1. The second-order valence-corrected chi connectivity index (χ2v) is 6.78. The van der Waals surface area contributed by atoms with E-state index in [4.69, 9.17) is 20.5 Å². The Kier molecular flexibility index (Phi) is 4.76. The molecule has 0 amide bonds. The van der Waals surface area contributed by atoms with Crippen LogP contribution in [0.15, 0.2) is 45.5 Å². The first kappa shape index (κ1) is 17.2. The van der Waals surface area contributed by atoms with Gasteiger partial charge in [0, 0.05) is 18.0 Å². The van der Waals surface area contributed by atoms with Gasteiger partial charge in [0.05, 0.1) is 25.0 Å². The van der Waals surface area contributed by atoms with Crippen LogP contribution < -0.4 is 0 Å². The lowest BCUT2D eigenvalue weighted by molar-refractivity contribution is 0.163. The maximum Gasteiger partial charge on any atom is 0.244 e. The van der Waals surface area contributed by atoms with E-state index in [2.05, 4.69) is 10.1 Å². The van der Waals surface area contributed by atoms with Crippen LogP contribution in [0.4, 0.5) is 4.39 Å². The van der Waals surface area contributed by atoms with E-state index in [0.29, 0.717) is 42.7 Å². The third kappa shape index (κ3) is 3.65. The van der Waals surface area contributed by atoms with E-state index in [1.807, 2.05) is 17.0 Å². The molecule has 1 aliphatic rings. The lowest BCUT2D eigenvalue weighted by Gasteiger charge is -2.19. The summed E-state index contributed by atoms with van der Waals surface area (Å²) in [7, 11) is 0. The Bertz CT molecular complexity index is 884. The first-order valence-electron chi connectivity index (χ1n) is 8.29. The van der Waals surface area contributed by atoms with Crippen LogP contribution in [-0.2, 0) is 13.0 Å². The number of rotatable bonds is 5. The van der Waals surface area contributed by atoms with Gasteiger partial charge in [-0.1, -0.05) is 22.8 Å². The number of nitrogens with zero attached hydrogens (tertiary/aromatic N) is 3. The zero-order chi connectivity index (χ0) is 18.1. The highest BCUT2D eigenvalue weighted by Gasteiger charge is 2.36. The molecule has 0 aliphatic carbocycles. The van der Waals surface area contributed by atoms with E-state index in [1.165, 1.54) is 12.1 Å². The Balaban J connectivity index is 1.50. The normalized spacial score (nSPS) is 20.7. The molecule has 0 bridgehead atoms. The van der Waals surface area contributed by atoms with Crippen molar-refractivity contribution in [3.63, 3.8) is 0 Å². The Morgan fingerprint density at radius 1 is 1.35 bits per heavy atom. The minimum Gasteiger partial charge on any atom is -0.468 e. The molecule has 4 rings (SSSR count). The van der Waals surface area contributed by atoms with Crippen LogP contribution in [0.1, 0.15) is 35.5 Å². The maximum absolute atomic E-state index is 13.2. The highest BCUT2D eigenvalue weighted by molar-refractivity contribution is 6.31. The van der Waals surface area contributed by atoms with Gasteiger partial charge >= 0.3 is 0 Å². The lowest BCUT2D eigenvalue weighted by Crippen LogP contribution is -2.24. The van der Waals surface area contributed by atoms with E-state index in [-0.39, 0.29) is 11.9 Å². The van der Waals surface area contributed by atoms with Crippen molar-refractivity contribution in [1.82, 2.24) is 15.0 Å². The quantitative estimate of drug-likeness (QED) is 0.734. The topological polar surface area (TPSA) is 75.5 Å². The minimum atomic E-state index is -0.461.